The number of carbonyl (C=O) groups is 2. The van der Waals surface area contributed by atoms with E-state index in [-0.39, 0.29) is 25.8 Å². The first-order valence-corrected chi connectivity index (χ1v) is 8.38. The van der Waals surface area contributed by atoms with E-state index in [2.05, 4.69) is 10.0 Å². The number of carbonyl (C=O) groups excluding carboxylic acids is 2. The molecule has 1 saturated heterocycles. The number of hydrogen-bond donors (Lipinski definition) is 0. The zero-order valence-corrected chi connectivity index (χ0v) is 14.3. The van der Waals surface area contributed by atoms with E-state index in [9.17, 15) is 18.4 Å². The maximum Gasteiger partial charge on any atom is 0.246 e. The molecule has 2 aromatic carbocycles. The van der Waals surface area contributed by atoms with Gasteiger partial charge < -0.3 is 4.90 Å². The van der Waals surface area contributed by atoms with Gasteiger partial charge in [0.05, 0.1) is 0 Å². The van der Waals surface area contributed by atoms with E-state index in [1.165, 1.54) is 4.90 Å². The Hall–Kier alpha value is -3.25. The molecule has 1 aliphatic rings. The number of ketones is 1. The van der Waals surface area contributed by atoms with Gasteiger partial charge in [0.1, 0.15) is 11.6 Å². The van der Waals surface area contributed by atoms with Gasteiger partial charge in [-0.05, 0) is 48.2 Å². The number of anilines is 1. The molecule has 2 aromatic rings. The molecule has 8 heteroatoms. The molecule has 1 atom stereocenters. The summed E-state index contributed by atoms with van der Waals surface area (Å²) in [5, 5.41) is 3.55. The van der Waals surface area contributed by atoms with E-state index in [0.29, 0.717) is 11.3 Å². The molecular formula is C19H16F2N4O2. The quantitative estimate of drug-likeness (QED) is 0.334. The van der Waals surface area contributed by atoms with Crippen molar-refractivity contribution in [3.8, 4) is 0 Å². The van der Waals surface area contributed by atoms with Gasteiger partial charge in [0.25, 0.3) is 0 Å². The van der Waals surface area contributed by atoms with Gasteiger partial charge in [-0.15, -0.1) is 0 Å². The molecule has 0 saturated carbocycles. The van der Waals surface area contributed by atoms with Gasteiger partial charge in [0, 0.05) is 29.6 Å². The molecule has 1 fully saturated rings. The predicted octanol–water partition coefficient (Wildman–Crippen LogP) is 3.95. The van der Waals surface area contributed by atoms with E-state index < -0.39 is 28.9 Å². The number of aryl methyl sites for hydroxylation is 1. The van der Waals surface area contributed by atoms with Gasteiger partial charge in [-0.2, -0.15) is 0 Å². The lowest BCUT2D eigenvalue weighted by molar-refractivity contribution is -0.132. The highest BCUT2D eigenvalue weighted by atomic mass is 19.1. The van der Waals surface area contributed by atoms with Crippen molar-refractivity contribution in [2.24, 2.45) is 5.11 Å². The number of hydrogen-bond acceptors (Lipinski definition) is 3. The standard InChI is InChI=1S/C19H16F2N4O2/c20-14-10-13(11-15(21)12-14)6-7-17(26)19(23-24-22)8-9-25(18(19)27)16-4-2-1-3-5-16/h1-5,10-12H,6-9H2. The molecule has 0 radical (unpaired) electrons. The van der Waals surface area contributed by atoms with Crippen LogP contribution in [-0.2, 0) is 16.0 Å². The van der Waals surface area contributed by atoms with Crippen LogP contribution in [0.25, 0.3) is 10.4 Å². The highest BCUT2D eigenvalue weighted by Crippen LogP contribution is 2.33. The normalized spacial score (nSPS) is 19.0. The fourth-order valence-corrected chi connectivity index (χ4v) is 3.26. The van der Waals surface area contributed by atoms with Gasteiger partial charge in [-0.25, -0.2) is 8.78 Å². The average molecular weight is 370 g/mol. The van der Waals surface area contributed by atoms with E-state index in [0.717, 1.165) is 18.2 Å². The summed E-state index contributed by atoms with van der Waals surface area (Å²) in [4.78, 5) is 29.8. The first-order chi connectivity index (χ1) is 13.0. The molecule has 6 nitrogen and oxygen atoms in total. The van der Waals surface area contributed by atoms with Crippen LogP contribution < -0.4 is 4.90 Å². The van der Waals surface area contributed by atoms with Crippen molar-refractivity contribution in [2.75, 3.05) is 11.4 Å². The molecular weight excluding hydrogens is 354 g/mol. The lowest BCUT2D eigenvalue weighted by Crippen LogP contribution is -2.45. The van der Waals surface area contributed by atoms with Crippen LogP contribution in [0.2, 0.25) is 0 Å². The van der Waals surface area contributed by atoms with Crippen LogP contribution in [-0.4, -0.2) is 23.8 Å². The fourth-order valence-electron chi connectivity index (χ4n) is 3.26. The Kier molecular flexibility index (Phi) is 5.19. The summed E-state index contributed by atoms with van der Waals surface area (Å²) >= 11 is 0. The minimum atomic E-state index is -1.82. The minimum Gasteiger partial charge on any atom is -0.311 e. The van der Waals surface area contributed by atoms with Gasteiger partial charge >= 0.3 is 0 Å². The molecule has 1 aliphatic heterocycles. The van der Waals surface area contributed by atoms with E-state index in [1.807, 2.05) is 0 Å². The first kappa shape index (κ1) is 18.5. The molecule has 1 amide bonds. The molecule has 0 aromatic heterocycles. The molecule has 0 bridgehead atoms. The summed E-state index contributed by atoms with van der Waals surface area (Å²) in [6, 6.07) is 11.8. The van der Waals surface area contributed by atoms with Crippen molar-refractivity contribution in [3.05, 3.63) is 76.2 Å². The van der Waals surface area contributed by atoms with Gasteiger partial charge in [0.2, 0.25) is 5.91 Å². The number of amides is 1. The van der Waals surface area contributed by atoms with Crippen LogP contribution in [0.15, 0.2) is 53.6 Å². The van der Waals surface area contributed by atoms with Gasteiger partial charge in [-0.3, -0.25) is 9.59 Å². The van der Waals surface area contributed by atoms with Crippen molar-refractivity contribution >= 4 is 17.4 Å². The van der Waals surface area contributed by atoms with Crippen molar-refractivity contribution in [1.82, 2.24) is 0 Å². The second kappa shape index (κ2) is 7.55. The van der Waals surface area contributed by atoms with Crippen LogP contribution in [0.4, 0.5) is 14.5 Å². The summed E-state index contributed by atoms with van der Waals surface area (Å²) < 4.78 is 26.6. The van der Waals surface area contributed by atoms with Crippen LogP contribution in [0, 0.1) is 11.6 Å². The zero-order chi connectivity index (χ0) is 19.4. The van der Waals surface area contributed by atoms with Crippen molar-refractivity contribution < 1.29 is 18.4 Å². The van der Waals surface area contributed by atoms with Crippen molar-refractivity contribution in [3.63, 3.8) is 0 Å². The highest BCUT2D eigenvalue weighted by molar-refractivity contribution is 6.18. The topological polar surface area (TPSA) is 86.1 Å². The molecule has 3 rings (SSSR count). The third kappa shape index (κ3) is 3.66. The van der Waals surface area contributed by atoms with Crippen LogP contribution in [0.5, 0.6) is 0 Å². The van der Waals surface area contributed by atoms with E-state index >= 15 is 0 Å². The first-order valence-electron chi connectivity index (χ1n) is 8.38. The number of azide groups is 1. The smallest absolute Gasteiger partial charge is 0.246 e. The summed E-state index contributed by atoms with van der Waals surface area (Å²) in [6.45, 7) is 0.238. The van der Waals surface area contributed by atoms with E-state index in [1.54, 1.807) is 30.3 Å². The number of para-hydroxylation sites is 1. The van der Waals surface area contributed by atoms with Crippen LogP contribution in [0.1, 0.15) is 18.4 Å². The summed E-state index contributed by atoms with van der Waals surface area (Å²) in [5.41, 5.74) is 7.99. The minimum absolute atomic E-state index is 0.0365. The summed E-state index contributed by atoms with van der Waals surface area (Å²) in [5.74, 6) is -2.63. The second-order valence-electron chi connectivity index (χ2n) is 6.29. The maximum atomic E-state index is 13.3. The molecule has 0 spiro atoms. The number of rotatable bonds is 6. The molecule has 1 heterocycles. The van der Waals surface area contributed by atoms with Crippen molar-refractivity contribution in [2.45, 2.75) is 24.8 Å². The van der Waals surface area contributed by atoms with Crippen molar-refractivity contribution in [1.29, 1.82) is 0 Å². The lowest BCUT2D eigenvalue weighted by Gasteiger charge is -2.22. The Morgan fingerprint density at radius 1 is 1.19 bits per heavy atom. The Labute approximate surface area is 154 Å². The van der Waals surface area contributed by atoms with Gasteiger partial charge in [0.15, 0.2) is 11.3 Å². The number of halogens is 2. The Morgan fingerprint density at radius 2 is 1.85 bits per heavy atom. The number of benzene rings is 2. The average Bonchev–Trinajstić information content (AvgIpc) is 2.97. The van der Waals surface area contributed by atoms with Gasteiger partial charge in [-0.1, -0.05) is 23.3 Å². The van der Waals surface area contributed by atoms with Crippen LogP contribution in [0.3, 0.4) is 0 Å². The summed E-state index contributed by atoms with van der Waals surface area (Å²) in [7, 11) is 0. The lowest BCUT2D eigenvalue weighted by atomic mass is 9.89. The Morgan fingerprint density at radius 3 is 2.48 bits per heavy atom. The monoisotopic (exact) mass is 370 g/mol. The molecule has 0 aliphatic carbocycles. The Bertz CT molecular complexity index is 908. The molecule has 0 N–H and O–H groups in total. The molecule has 1 unspecified atom stereocenters. The maximum absolute atomic E-state index is 13.3. The molecule has 27 heavy (non-hydrogen) atoms. The largest absolute Gasteiger partial charge is 0.311 e. The second-order valence-corrected chi connectivity index (χ2v) is 6.29. The zero-order valence-electron chi connectivity index (χ0n) is 14.3. The number of Topliss-reactive ketones (excluding diaryl/α,β-unsaturated/α-hetero) is 1. The third-order valence-electron chi connectivity index (χ3n) is 4.60. The Balaban J connectivity index is 1.81. The third-order valence-corrected chi connectivity index (χ3v) is 4.60. The highest BCUT2D eigenvalue weighted by Gasteiger charge is 2.51. The number of nitrogens with zero attached hydrogens (tertiary/aromatic N) is 4. The summed E-state index contributed by atoms with van der Waals surface area (Å²) in [6.07, 6.45) is -0.0771. The SMILES string of the molecule is [N-]=[N+]=NC1(C(=O)CCc2cc(F)cc(F)c2)CCN(c2ccccc2)C1=O. The van der Waals surface area contributed by atoms with E-state index in [4.69, 9.17) is 5.53 Å². The molecule has 138 valence electrons. The fraction of sp³-hybridized carbons (Fsp3) is 0.263. The predicted molar refractivity (Wildman–Crippen MR) is 95.0 cm³/mol. The van der Waals surface area contributed by atoms with Crippen LogP contribution >= 0.6 is 0 Å².